The average molecular weight is 380 g/mol. The number of oxazole rings is 1. The van der Waals surface area contributed by atoms with E-state index in [2.05, 4.69) is 15.3 Å². The van der Waals surface area contributed by atoms with Gasteiger partial charge in [0.1, 0.15) is 5.01 Å². The zero-order chi connectivity index (χ0) is 18.8. The lowest BCUT2D eigenvalue weighted by atomic mass is 10.2. The van der Waals surface area contributed by atoms with Crippen molar-refractivity contribution in [1.29, 1.82) is 0 Å². The first-order valence-corrected chi connectivity index (χ1v) is 9.22. The molecule has 0 aliphatic heterocycles. The van der Waals surface area contributed by atoms with Crippen LogP contribution in [-0.4, -0.2) is 20.4 Å². The van der Waals surface area contributed by atoms with Crippen LogP contribution < -0.4 is 11.1 Å². The zero-order valence-corrected chi connectivity index (χ0v) is 15.3. The van der Waals surface area contributed by atoms with Crippen LogP contribution in [0.3, 0.4) is 0 Å². The number of thiazole rings is 1. The molecule has 1 aromatic carbocycles. The predicted molar refractivity (Wildman–Crippen MR) is 104 cm³/mol. The van der Waals surface area contributed by atoms with E-state index in [1.54, 1.807) is 37.6 Å². The van der Waals surface area contributed by atoms with Crippen LogP contribution in [0.5, 0.6) is 0 Å². The lowest BCUT2D eigenvalue weighted by Gasteiger charge is -2.04. The van der Waals surface area contributed by atoms with Crippen molar-refractivity contribution >= 4 is 34.0 Å². The van der Waals surface area contributed by atoms with Crippen LogP contribution in [0.4, 0.5) is 5.69 Å². The molecule has 4 aromatic rings. The van der Waals surface area contributed by atoms with Crippen LogP contribution in [0.15, 0.2) is 57.3 Å². The van der Waals surface area contributed by atoms with Gasteiger partial charge in [-0.25, -0.2) is 9.78 Å². The Labute approximate surface area is 158 Å². The highest BCUT2D eigenvalue weighted by molar-refractivity contribution is 7.13. The van der Waals surface area contributed by atoms with Crippen molar-refractivity contribution in [2.24, 2.45) is 7.05 Å². The maximum Gasteiger partial charge on any atom is 0.419 e. The fourth-order valence-electron chi connectivity index (χ4n) is 2.71. The Morgan fingerprint density at radius 3 is 3.04 bits per heavy atom. The predicted octanol–water partition coefficient (Wildman–Crippen LogP) is 3.22. The van der Waals surface area contributed by atoms with E-state index >= 15 is 0 Å². The molecule has 1 amide bonds. The Balaban J connectivity index is 1.39. The molecule has 27 heavy (non-hydrogen) atoms. The van der Waals surface area contributed by atoms with Gasteiger partial charge in [-0.1, -0.05) is 0 Å². The summed E-state index contributed by atoms with van der Waals surface area (Å²) in [4.78, 5) is 32.4. The van der Waals surface area contributed by atoms with Crippen LogP contribution >= 0.6 is 11.3 Å². The van der Waals surface area contributed by atoms with Gasteiger partial charge >= 0.3 is 5.76 Å². The molecule has 0 aliphatic rings. The van der Waals surface area contributed by atoms with E-state index in [0.29, 0.717) is 29.6 Å². The third-order valence-electron chi connectivity index (χ3n) is 4.14. The van der Waals surface area contributed by atoms with E-state index in [4.69, 9.17) is 4.42 Å². The first-order chi connectivity index (χ1) is 13.1. The molecular formula is C19H16N4O3S. The molecule has 7 nitrogen and oxygen atoms in total. The molecule has 0 aliphatic carbocycles. The summed E-state index contributed by atoms with van der Waals surface area (Å²) in [7, 11) is 1.63. The number of amides is 1. The average Bonchev–Trinajstić information content (AvgIpc) is 3.26. The highest BCUT2D eigenvalue weighted by atomic mass is 32.1. The molecule has 136 valence electrons. The number of nitrogens with one attached hydrogen (secondary N) is 1. The van der Waals surface area contributed by atoms with Gasteiger partial charge < -0.3 is 9.73 Å². The number of nitrogens with zero attached hydrogens (tertiary/aromatic N) is 3. The van der Waals surface area contributed by atoms with Crippen LogP contribution in [-0.2, 0) is 18.3 Å². The first kappa shape index (κ1) is 17.2. The molecule has 0 radical (unpaired) electrons. The van der Waals surface area contributed by atoms with E-state index in [0.717, 1.165) is 16.3 Å². The van der Waals surface area contributed by atoms with Gasteiger partial charge in [-0.2, -0.15) is 0 Å². The van der Waals surface area contributed by atoms with Crippen LogP contribution in [0.2, 0.25) is 0 Å². The Morgan fingerprint density at radius 2 is 2.22 bits per heavy atom. The van der Waals surface area contributed by atoms with Gasteiger partial charge in [0.25, 0.3) is 0 Å². The number of carbonyl (C=O) groups is 1. The summed E-state index contributed by atoms with van der Waals surface area (Å²) in [6.45, 7) is 0. The largest absolute Gasteiger partial charge is 0.419 e. The SMILES string of the molecule is Cn1c(=O)oc2ccc(NC(=O)CCc3csc(-c4cccnc4)n3)cc21. The molecule has 0 saturated carbocycles. The monoisotopic (exact) mass is 380 g/mol. The third-order valence-corrected chi connectivity index (χ3v) is 5.08. The van der Waals surface area contributed by atoms with Gasteiger partial charge in [0, 0.05) is 42.5 Å². The quantitative estimate of drug-likeness (QED) is 0.574. The minimum atomic E-state index is -0.429. The normalized spacial score (nSPS) is 11.0. The van der Waals surface area contributed by atoms with Crippen molar-refractivity contribution in [2.45, 2.75) is 12.8 Å². The number of hydrogen-bond acceptors (Lipinski definition) is 6. The van der Waals surface area contributed by atoms with Crippen molar-refractivity contribution in [3.8, 4) is 10.6 Å². The highest BCUT2D eigenvalue weighted by Gasteiger charge is 2.10. The third kappa shape index (κ3) is 3.65. The highest BCUT2D eigenvalue weighted by Crippen LogP contribution is 2.23. The second-order valence-electron chi connectivity index (χ2n) is 6.04. The Hall–Kier alpha value is -3.26. The molecular weight excluding hydrogens is 364 g/mol. The first-order valence-electron chi connectivity index (χ1n) is 8.34. The van der Waals surface area contributed by atoms with Gasteiger partial charge in [0.2, 0.25) is 5.91 Å². The number of anilines is 1. The minimum absolute atomic E-state index is 0.112. The molecule has 0 unspecified atom stereocenters. The van der Waals surface area contributed by atoms with Crippen molar-refractivity contribution < 1.29 is 9.21 Å². The standard InChI is InChI=1S/C19H16N4O3S/c1-23-15-9-13(4-6-16(15)26-19(23)25)21-17(24)7-5-14-11-27-18(22-14)12-3-2-8-20-10-12/h2-4,6,8-11H,5,7H2,1H3,(H,21,24). The second kappa shape index (κ2) is 7.16. The molecule has 0 spiro atoms. The molecule has 3 heterocycles. The summed E-state index contributed by atoms with van der Waals surface area (Å²) in [6.07, 6.45) is 4.36. The number of aromatic nitrogens is 3. The Morgan fingerprint density at radius 1 is 1.33 bits per heavy atom. The van der Waals surface area contributed by atoms with Gasteiger partial charge in [0.05, 0.1) is 11.2 Å². The smallest absolute Gasteiger partial charge is 0.408 e. The van der Waals surface area contributed by atoms with E-state index in [9.17, 15) is 9.59 Å². The summed E-state index contributed by atoms with van der Waals surface area (Å²) in [5.74, 6) is -0.541. The number of hydrogen-bond donors (Lipinski definition) is 1. The van der Waals surface area contributed by atoms with Gasteiger partial charge in [-0.15, -0.1) is 11.3 Å². The summed E-state index contributed by atoms with van der Waals surface area (Å²) in [6, 6.07) is 8.94. The molecule has 0 bridgehead atoms. The maximum atomic E-state index is 12.3. The molecule has 3 aromatic heterocycles. The number of fused-ring (bicyclic) bond motifs is 1. The summed E-state index contributed by atoms with van der Waals surface area (Å²) in [5, 5.41) is 5.70. The van der Waals surface area contributed by atoms with E-state index in [-0.39, 0.29) is 5.91 Å². The van der Waals surface area contributed by atoms with Crippen molar-refractivity contribution in [3.05, 3.63) is 64.4 Å². The summed E-state index contributed by atoms with van der Waals surface area (Å²) in [5.41, 5.74) is 3.60. The zero-order valence-electron chi connectivity index (χ0n) is 14.5. The number of benzene rings is 1. The summed E-state index contributed by atoms with van der Waals surface area (Å²) >= 11 is 1.54. The van der Waals surface area contributed by atoms with Gasteiger partial charge in [-0.3, -0.25) is 14.3 Å². The second-order valence-corrected chi connectivity index (χ2v) is 6.90. The Bertz CT molecular complexity index is 1160. The van der Waals surface area contributed by atoms with Crippen LogP contribution in [0.25, 0.3) is 21.7 Å². The fourth-order valence-corrected chi connectivity index (χ4v) is 3.56. The van der Waals surface area contributed by atoms with E-state index in [1.165, 1.54) is 15.9 Å². The summed E-state index contributed by atoms with van der Waals surface area (Å²) < 4.78 is 6.49. The molecule has 0 fully saturated rings. The molecule has 8 heteroatoms. The number of pyridine rings is 1. The number of carbonyl (C=O) groups excluding carboxylic acids is 1. The van der Waals surface area contributed by atoms with Gasteiger partial charge in [-0.05, 0) is 36.8 Å². The Kier molecular flexibility index (Phi) is 4.55. The van der Waals surface area contributed by atoms with Crippen molar-refractivity contribution in [2.75, 3.05) is 5.32 Å². The van der Waals surface area contributed by atoms with Crippen molar-refractivity contribution in [1.82, 2.24) is 14.5 Å². The maximum absolute atomic E-state index is 12.3. The van der Waals surface area contributed by atoms with Crippen molar-refractivity contribution in [3.63, 3.8) is 0 Å². The molecule has 1 N–H and O–H groups in total. The van der Waals surface area contributed by atoms with Crippen LogP contribution in [0, 0.1) is 0 Å². The van der Waals surface area contributed by atoms with Crippen LogP contribution in [0.1, 0.15) is 12.1 Å². The van der Waals surface area contributed by atoms with E-state index < -0.39 is 5.76 Å². The molecule has 4 rings (SSSR count). The minimum Gasteiger partial charge on any atom is -0.408 e. The number of rotatable bonds is 5. The molecule has 0 saturated heterocycles. The topological polar surface area (TPSA) is 90.0 Å². The van der Waals surface area contributed by atoms with Gasteiger partial charge in [0.15, 0.2) is 5.58 Å². The molecule has 0 atom stereocenters. The lowest BCUT2D eigenvalue weighted by molar-refractivity contribution is -0.116. The lowest BCUT2D eigenvalue weighted by Crippen LogP contribution is -2.12. The van der Waals surface area contributed by atoms with E-state index in [1.807, 2.05) is 17.5 Å². The number of aryl methyl sites for hydroxylation is 2. The fraction of sp³-hybridized carbons (Fsp3) is 0.158.